The third-order valence-electron chi connectivity index (χ3n) is 3.67. The number of fused-ring (bicyclic) bond motifs is 1. The first-order valence-electron chi connectivity index (χ1n) is 6.43. The van der Waals surface area contributed by atoms with Gasteiger partial charge in [-0.3, -0.25) is 0 Å². The number of hydrogen-bond acceptors (Lipinski definition) is 2. The van der Waals surface area contributed by atoms with E-state index in [1.165, 1.54) is 16.0 Å². The highest BCUT2D eigenvalue weighted by Gasteiger charge is 2.26. The fourth-order valence-corrected chi connectivity index (χ4v) is 4.14. The molecule has 0 amide bonds. The Hall–Kier alpha value is -0.540. The molecule has 0 saturated carbocycles. The van der Waals surface area contributed by atoms with E-state index in [0.29, 0.717) is 12.1 Å². The molecule has 0 aliphatic heterocycles. The molecule has 4 heteroatoms. The molecule has 1 aromatic carbocycles. The fraction of sp³-hybridized carbons (Fsp3) is 0.333. The van der Waals surface area contributed by atoms with Crippen LogP contribution in [0.3, 0.4) is 0 Å². The average molecular weight is 312 g/mol. The van der Waals surface area contributed by atoms with Crippen molar-refractivity contribution in [3.05, 3.63) is 55.7 Å². The van der Waals surface area contributed by atoms with Crippen LogP contribution in [0.2, 0.25) is 9.36 Å². The Balaban J connectivity index is 1.73. The van der Waals surface area contributed by atoms with Gasteiger partial charge in [-0.2, -0.15) is 0 Å². The van der Waals surface area contributed by atoms with Crippen LogP contribution in [0.5, 0.6) is 0 Å². The highest BCUT2D eigenvalue weighted by atomic mass is 35.5. The highest BCUT2D eigenvalue weighted by Crippen LogP contribution is 2.40. The molecule has 1 aliphatic carbocycles. The molecule has 19 heavy (non-hydrogen) atoms. The van der Waals surface area contributed by atoms with Crippen molar-refractivity contribution in [1.82, 2.24) is 5.32 Å². The normalized spacial score (nSPS) is 19.4. The Morgan fingerprint density at radius 1 is 1.26 bits per heavy atom. The van der Waals surface area contributed by atoms with E-state index in [9.17, 15) is 0 Å². The summed E-state index contributed by atoms with van der Waals surface area (Å²) in [6.45, 7) is 2.19. The van der Waals surface area contributed by atoms with Crippen molar-refractivity contribution in [2.24, 2.45) is 0 Å². The van der Waals surface area contributed by atoms with Gasteiger partial charge in [0.1, 0.15) is 0 Å². The Bertz CT molecular complexity index is 576. The van der Waals surface area contributed by atoms with E-state index >= 15 is 0 Å². The molecule has 2 aromatic rings. The van der Waals surface area contributed by atoms with E-state index in [0.717, 1.165) is 22.2 Å². The van der Waals surface area contributed by atoms with E-state index in [4.69, 9.17) is 23.2 Å². The zero-order chi connectivity index (χ0) is 13.4. The molecule has 0 bridgehead atoms. The van der Waals surface area contributed by atoms with Gasteiger partial charge in [-0.05, 0) is 49.1 Å². The minimum atomic E-state index is 0.312. The summed E-state index contributed by atoms with van der Waals surface area (Å²) < 4.78 is 0.899. The van der Waals surface area contributed by atoms with E-state index in [-0.39, 0.29) is 0 Å². The lowest BCUT2D eigenvalue weighted by molar-refractivity contribution is 0.465. The Morgan fingerprint density at radius 3 is 2.74 bits per heavy atom. The van der Waals surface area contributed by atoms with Gasteiger partial charge in [-0.15, -0.1) is 11.3 Å². The molecule has 1 nitrogen and oxygen atoms in total. The predicted molar refractivity (Wildman–Crippen MR) is 83.4 cm³/mol. The molecule has 3 rings (SSSR count). The van der Waals surface area contributed by atoms with Gasteiger partial charge >= 0.3 is 0 Å². The molecule has 100 valence electrons. The van der Waals surface area contributed by atoms with E-state index in [2.05, 4.69) is 30.4 Å². The maximum atomic E-state index is 6.09. The lowest BCUT2D eigenvalue weighted by Crippen LogP contribution is -2.22. The fourth-order valence-electron chi connectivity index (χ4n) is 2.65. The summed E-state index contributed by atoms with van der Waals surface area (Å²) in [6.07, 6.45) is 2.30. The van der Waals surface area contributed by atoms with Crippen molar-refractivity contribution in [3.63, 3.8) is 0 Å². The van der Waals surface area contributed by atoms with Gasteiger partial charge in [0.05, 0.1) is 4.34 Å². The lowest BCUT2D eigenvalue weighted by atomic mass is 10.1. The zero-order valence-electron chi connectivity index (χ0n) is 10.6. The summed E-state index contributed by atoms with van der Waals surface area (Å²) in [5.74, 6) is 0. The van der Waals surface area contributed by atoms with Gasteiger partial charge in [0, 0.05) is 22.0 Å². The van der Waals surface area contributed by atoms with Gasteiger partial charge in [-0.25, -0.2) is 0 Å². The number of benzene rings is 1. The number of aryl methyl sites for hydroxylation is 1. The van der Waals surface area contributed by atoms with Crippen LogP contribution in [0.25, 0.3) is 0 Å². The maximum absolute atomic E-state index is 6.09. The average Bonchev–Trinajstić information content (AvgIpc) is 2.91. The number of rotatable bonds is 3. The molecule has 1 heterocycles. The second kappa shape index (κ2) is 5.45. The van der Waals surface area contributed by atoms with Crippen molar-refractivity contribution < 1.29 is 0 Å². The largest absolute Gasteiger partial charge is 0.303 e. The third-order valence-corrected chi connectivity index (χ3v) is 5.26. The standard InChI is InChI=1S/C15H15Cl2NS/c1-9(10-2-4-11(16)5-3-10)18-13-6-7-14-12(13)8-15(17)19-14/h2-5,8-9,13,18H,6-7H2,1H3/t9-,13?/m1/s1. The van der Waals surface area contributed by atoms with Crippen LogP contribution in [-0.2, 0) is 6.42 Å². The number of nitrogens with one attached hydrogen (secondary N) is 1. The lowest BCUT2D eigenvalue weighted by Gasteiger charge is -2.20. The molecule has 1 aromatic heterocycles. The summed E-state index contributed by atoms with van der Waals surface area (Å²) in [6, 6.07) is 10.9. The number of hydrogen-bond donors (Lipinski definition) is 1. The summed E-state index contributed by atoms with van der Waals surface area (Å²) >= 11 is 13.7. The van der Waals surface area contributed by atoms with Crippen LogP contribution in [0.15, 0.2) is 30.3 Å². The van der Waals surface area contributed by atoms with E-state index in [1.807, 2.05) is 12.1 Å². The second-order valence-electron chi connectivity index (χ2n) is 4.96. The molecular weight excluding hydrogens is 297 g/mol. The van der Waals surface area contributed by atoms with Crippen molar-refractivity contribution in [3.8, 4) is 0 Å². The van der Waals surface area contributed by atoms with Crippen molar-refractivity contribution in [1.29, 1.82) is 0 Å². The molecule has 1 N–H and O–H groups in total. The Morgan fingerprint density at radius 2 is 2.00 bits per heavy atom. The van der Waals surface area contributed by atoms with Crippen molar-refractivity contribution >= 4 is 34.5 Å². The van der Waals surface area contributed by atoms with Crippen LogP contribution in [0.1, 0.15) is 41.4 Å². The quantitative estimate of drug-likeness (QED) is 0.801. The minimum Gasteiger partial charge on any atom is -0.303 e. The zero-order valence-corrected chi connectivity index (χ0v) is 12.9. The first-order valence-corrected chi connectivity index (χ1v) is 8.00. The molecule has 1 unspecified atom stereocenters. The molecule has 0 saturated heterocycles. The maximum Gasteiger partial charge on any atom is 0.0934 e. The van der Waals surface area contributed by atoms with Crippen LogP contribution in [0, 0.1) is 0 Å². The first kappa shape index (κ1) is 13.4. The molecule has 0 radical (unpaired) electrons. The highest BCUT2D eigenvalue weighted by molar-refractivity contribution is 7.16. The Labute approximate surface area is 127 Å². The summed E-state index contributed by atoms with van der Waals surface area (Å²) in [7, 11) is 0. The van der Waals surface area contributed by atoms with Gasteiger partial charge in [0.25, 0.3) is 0 Å². The molecule has 2 atom stereocenters. The third kappa shape index (κ3) is 2.82. The van der Waals surface area contributed by atoms with Gasteiger partial charge in [0.15, 0.2) is 0 Å². The minimum absolute atomic E-state index is 0.312. The van der Waals surface area contributed by atoms with E-state index < -0.39 is 0 Å². The topological polar surface area (TPSA) is 12.0 Å². The van der Waals surface area contributed by atoms with Crippen LogP contribution in [0.4, 0.5) is 0 Å². The monoisotopic (exact) mass is 311 g/mol. The molecular formula is C15H15Cl2NS. The van der Waals surface area contributed by atoms with Crippen molar-refractivity contribution in [2.75, 3.05) is 0 Å². The molecule has 1 aliphatic rings. The number of halogens is 2. The number of thiophene rings is 1. The summed E-state index contributed by atoms with van der Waals surface area (Å²) in [5.41, 5.74) is 2.65. The second-order valence-corrected chi connectivity index (χ2v) is 7.16. The van der Waals surface area contributed by atoms with Crippen LogP contribution < -0.4 is 5.32 Å². The predicted octanol–water partition coefficient (Wildman–Crippen LogP) is 5.39. The van der Waals surface area contributed by atoms with Crippen LogP contribution >= 0.6 is 34.5 Å². The van der Waals surface area contributed by atoms with E-state index in [1.54, 1.807) is 11.3 Å². The van der Waals surface area contributed by atoms with Gasteiger partial charge in [0.2, 0.25) is 0 Å². The molecule has 0 spiro atoms. The summed E-state index contributed by atoms with van der Waals surface area (Å²) in [5, 5.41) is 4.47. The summed E-state index contributed by atoms with van der Waals surface area (Å²) in [4.78, 5) is 1.44. The SMILES string of the molecule is C[C@@H](NC1CCc2sc(Cl)cc21)c1ccc(Cl)cc1. The van der Waals surface area contributed by atoms with Gasteiger partial charge in [-0.1, -0.05) is 35.3 Å². The van der Waals surface area contributed by atoms with Gasteiger partial charge < -0.3 is 5.32 Å². The van der Waals surface area contributed by atoms with Crippen molar-refractivity contribution in [2.45, 2.75) is 31.8 Å². The smallest absolute Gasteiger partial charge is 0.0934 e. The Kier molecular flexibility index (Phi) is 3.86. The first-order chi connectivity index (χ1) is 9.13. The van der Waals surface area contributed by atoms with Crippen LogP contribution in [-0.4, -0.2) is 0 Å². The molecule has 0 fully saturated rings.